The predicted molar refractivity (Wildman–Crippen MR) is 98.8 cm³/mol. The Morgan fingerprint density at radius 1 is 0.885 bits per heavy atom. The molecule has 1 aromatic carbocycles. The standard InChI is InChI=1S/C19H13FN6/c20-17-8-11(3-5-22-17)16-9-13-12(4-6-23-19(13)24-16)10-1-2-15-14(7-10)18(21)26-25-15/h1-9H,(H,23,24)(H3,21,25,26). The lowest BCUT2D eigenvalue weighted by atomic mass is 10.0. The summed E-state index contributed by atoms with van der Waals surface area (Å²) in [5.74, 6) is -0.0515. The van der Waals surface area contributed by atoms with E-state index in [0.717, 1.165) is 44.3 Å². The lowest BCUT2D eigenvalue weighted by Gasteiger charge is -2.03. The number of nitrogens with two attached hydrogens (primary N) is 1. The van der Waals surface area contributed by atoms with Crippen molar-refractivity contribution in [1.29, 1.82) is 0 Å². The minimum absolute atomic E-state index is 0.467. The fourth-order valence-corrected chi connectivity index (χ4v) is 3.21. The summed E-state index contributed by atoms with van der Waals surface area (Å²) in [7, 11) is 0. The molecule has 5 rings (SSSR count). The van der Waals surface area contributed by atoms with E-state index in [1.54, 1.807) is 12.3 Å². The van der Waals surface area contributed by atoms with Gasteiger partial charge < -0.3 is 10.7 Å². The molecule has 0 aliphatic carbocycles. The van der Waals surface area contributed by atoms with Gasteiger partial charge in [0.05, 0.1) is 5.52 Å². The molecule has 26 heavy (non-hydrogen) atoms. The van der Waals surface area contributed by atoms with Gasteiger partial charge in [-0.2, -0.15) is 9.49 Å². The molecular formula is C19H13FN6. The number of benzene rings is 1. The van der Waals surface area contributed by atoms with Crippen LogP contribution in [0.15, 0.2) is 54.9 Å². The molecule has 4 heterocycles. The highest BCUT2D eigenvalue weighted by Gasteiger charge is 2.12. The Morgan fingerprint density at radius 3 is 2.65 bits per heavy atom. The number of nitrogens with one attached hydrogen (secondary N) is 2. The third-order valence-electron chi connectivity index (χ3n) is 4.47. The van der Waals surface area contributed by atoms with Crippen LogP contribution >= 0.6 is 0 Å². The van der Waals surface area contributed by atoms with Gasteiger partial charge >= 0.3 is 0 Å². The van der Waals surface area contributed by atoms with E-state index >= 15 is 0 Å². The van der Waals surface area contributed by atoms with Gasteiger partial charge in [0, 0.05) is 40.5 Å². The van der Waals surface area contributed by atoms with Crippen LogP contribution in [0.1, 0.15) is 0 Å². The number of nitrogen functional groups attached to an aromatic ring is 1. The second-order valence-electron chi connectivity index (χ2n) is 6.04. The van der Waals surface area contributed by atoms with Gasteiger partial charge in [-0.05, 0) is 41.5 Å². The summed E-state index contributed by atoms with van der Waals surface area (Å²) in [6.07, 6.45) is 3.19. The summed E-state index contributed by atoms with van der Waals surface area (Å²) in [4.78, 5) is 11.2. The molecule has 0 radical (unpaired) electrons. The number of hydrogen-bond acceptors (Lipinski definition) is 4. The van der Waals surface area contributed by atoms with Crippen LogP contribution < -0.4 is 5.73 Å². The highest BCUT2D eigenvalue weighted by atomic mass is 19.1. The van der Waals surface area contributed by atoms with Gasteiger partial charge in [0.2, 0.25) is 5.95 Å². The van der Waals surface area contributed by atoms with Crippen molar-refractivity contribution in [3.8, 4) is 22.4 Å². The zero-order chi connectivity index (χ0) is 17.7. The molecule has 0 unspecified atom stereocenters. The summed E-state index contributed by atoms with van der Waals surface area (Å²) in [5, 5.41) is 8.76. The summed E-state index contributed by atoms with van der Waals surface area (Å²) < 4.78 is 13.4. The first-order valence-electron chi connectivity index (χ1n) is 8.03. The number of fused-ring (bicyclic) bond motifs is 2. The molecule has 0 saturated heterocycles. The van der Waals surface area contributed by atoms with Crippen LogP contribution in [0, 0.1) is 5.95 Å². The maximum Gasteiger partial charge on any atom is 0.213 e. The number of rotatable bonds is 2. The van der Waals surface area contributed by atoms with Gasteiger partial charge in [-0.3, -0.25) is 5.10 Å². The summed E-state index contributed by atoms with van der Waals surface area (Å²) >= 11 is 0. The van der Waals surface area contributed by atoms with Crippen LogP contribution in [-0.2, 0) is 0 Å². The van der Waals surface area contributed by atoms with Crippen LogP contribution in [0.3, 0.4) is 0 Å². The number of aromatic nitrogens is 5. The Kier molecular flexibility index (Phi) is 3.02. The van der Waals surface area contributed by atoms with E-state index in [2.05, 4.69) is 25.1 Å². The first-order valence-corrected chi connectivity index (χ1v) is 8.03. The Balaban J connectivity index is 1.71. The average Bonchev–Trinajstić information content (AvgIpc) is 3.25. The molecule has 0 aliphatic heterocycles. The summed E-state index contributed by atoms with van der Waals surface area (Å²) in [5.41, 5.74) is 11.1. The minimum Gasteiger partial charge on any atom is -0.382 e. The van der Waals surface area contributed by atoms with Crippen molar-refractivity contribution in [3.05, 3.63) is 60.8 Å². The molecule has 7 heteroatoms. The third-order valence-corrected chi connectivity index (χ3v) is 4.47. The van der Waals surface area contributed by atoms with Crippen LogP contribution in [0.4, 0.5) is 10.2 Å². The van der Waals surface area contributed by atoms with Crippen molar-refractivity contribution < 1.29 is 4.39 Å². The topological polar surface area (TPSA) is 96.3 Å². The SMILES string of the molecule is Nc1n[nH]c2ccc(-c3ccnc4[nH]c(-c5ccnc(F)c5)cc34)cc12. The van der Waals surface area contributed by atoms with E-state index in [9.17, 15) is 4.39 Å². The molecule has 0 fully saturated rings. The smallest absolute Gasteiger partial charge is 0.213 e. The van der Waals surface area contributed by atoms with Crippen LogP contribution in [0.5, 0.6) is 0 Å². The first-order chi connectivity index (χ1) is 12.7. The highest BCUT2D eigenvalue weighted by molar-refractivity contribution is 5.99. The van der Waals surface area contributed by atoms with Crippen molar-refractivity contribution in [2.45, 2.75) is 0 Å². The summed E-state index contributed by atoms with van der Waals surface area (Å²) in [6, 6.07) is 13.0. The lowest BCUT2D eigenvalue weighted by molar-refractivity contribution is 0.584. The highest BCUT2D eigenvalue weighted by Crippen LogP contribution is 2.33. The van der Waals surface area contributed by atoms with E-state index in [1.165, 1.54) is 12.3 Å². The molecular weight excluding hydrogens is 331 g/mol. The van der Waals surface area contributed by atoms with Gasteiger partial charge in [-0.25, -0.2) is 9.97 Å². The van der Waals surface area contributed by atoms with E-state index < -0.39 is 5.95 Å². The maximum absolute atomic E-state index is 13.4. The number of hydrogen-bond donors (Lipinski definition) is 3. The Morgan fingerprint density at radius 2 is 1.77 bits per heavy atom. The molecule has 0 amide bonds. The normalized spacial score (nSPS) is 11.4. The van der Waals surface area contributed by atoms with E-state index in [4.69, 9.17) is 5.73 Å². The molecule has 0 bridgehead atoms. The average molecular weight is 344 g/mol. The van der Waals surface area contributed by atoms with E-state index in [1.807, 2.05) is 30.3 Å². The van der Waals surface area contributed by atoms with E-state index in [-0.39, 0.29) is 0 Å². The van der Waals surface area contributed by atoms with Crippen molar-refractivity contribution in [2.24, 2.45) is 0 Å². The van der Waals surface area contributed by atoms with Gasteiger partial charge in [-0.15, -0.1) is 0 Å². The van der Waals surface area contributed by atoms with Crippen molar-refractivity contribution in [2.75, 3.05) is 5.73 Å². The number of aromatic amines is 2. The Labute approximate surface area is 146 Å². The zero-order valence-electron chi connectivity index (χ0n) is 13.5. The van der Waals surface area contributed by atoms with Crippen molar-refractivity contribution in [1.82, 2.24) is 25.1 Å². The van der Waals surface area contributed by atoms with Crippen molar-refractivity contribution >= 4 is 27.8 Å². The van der Waals surface area contributed by atoms with Gasteiger partial charge in [-0.1, -0.05) is 6.07 Å². The van der Waals surface area contributed by atoms with Crippen LogP contribution in [0.25, 0.3) is 44.3 Å². The number of pyridine rings is 2. The molecule has 0 spiro atoms. The molecule has 6 nitrogen and oxygen atoms in total. The van der Waals surface area contributed by atoms with Crippen molar-refractivity contribution in [3.63, 3.8) is 0 Å². The quantitative estimate of drug-likeness (QED) is 0.423. The molecule has 5 aromatic rings. The lowest BCUT2D eigenvalue weighted by Crippen LogP contribution is -1.85. The second-order valence-corrected chi connectivity index (χ2v) is 6.04. The molecule has 126 valence electrons. The second kappa shape index (κ2) is 5.38. The first kappa shape index (κ1) is 14.6. The Hall–Kier alpha value is -3.74. The maximum atomic E-state index is 13.4. The number of anilines is 1. The van der Waals surface area contributed by atoms with Gasteiger partial charge in [0.15, 0.2) is 5.82 Å². The fraction of sp³-hybridized carbons (Fsp3) is 0. The minimum atomic E-state index is -0.518. The Bertz CT molecular complexity index is 1270. The monoisotopic (exact) mass is 344 g/mol. The zero-order valence-corrected chi connectivity index (χ0v) is 13.5. The molecule has 0 aliphatic rings. The molecule has 0 atom stereocenters. The number of halogens is 1. The molecule has 4 aromatic heterocycles. The molecule has 0 saturated carbocycles. The third kappa shape index (κ3) is 2.21. The predicted octanol–water partition coefficient (Wildman–Crippen LogP) is 3.89. The van der Waals surface area contributed by atoms with Crippen LogP contribution in [-0.4, -0.2) is 25.1 Å². The number of nitrogens with zero attached hydrogens (tertiary/aromatic N) is 3. The number of H-pyrrole nitrogens is 2. The fourth-order valence-electron chi connectivity index (χ4n) is 3.21. The van der Waals surface area contributed by atoms with E-state index in [0.29, 0.717) is 5.82 Å². The van der Waals surface area contributed by atoms with Crippen LogP contribution in [0.2, 0.25) is 0 Å². The summed E-state index contributed by atoms with van der Waals surface area (Å²) in [6.45, 7) is 0. The molecule has 4 N–H and O–H groups in total. The largest absolute Gasteiger partial charge is 0.382 e. The van der Waals surface area contributed by atoms with Gasteiger partial charge in [0.25, 0.3) is 0 Å². The van der Waals surface area contributed by atoms with Gasteiger partial charge in [0.1, 0.15) is 5.65 Å².